The molecule has 0 saturated heterocycles. The summed E-state index contributed by atoms with van der Waals surface area (Å²) in [6.45, 7) is -0.0339. The van der Waals surface area contributed by atoms with Crippen molar-refractivity contribution in [2.24, 2.45) is 5.73 Å². The second-order valence-corrected chi connectivity index (χ2v) is 6.55. The van der Waals surface area contributed by atoms with Crippen LogP contribution >= 0.6 is 0 Å². The van der Waals surface area contributed by atoms with Crippen molar-refractivity contribution >= 4 is 21.5 Å². The van der Waals surface area contributed by atoms with Gasteiger partial charge in [0.1, 0.15) is 0 Å². The molecule has 0 radical (unpaired) electrons. The smallest absolute Gasteiger partial charge is 0.232 e. The molecular formula is C14H16N4O3S. The van der Waals surface area contributed by atoms with Crippen molar-refractivity contribution in [3.8, 4) is 0 Å². The van der Waals surface area contributed by atoms with Crippen LogP contribution < -0.4 is 10.0 Å². The highest BCUT2D eigenvalue weighted by atomic mass is 32.2. The van der Waals surface area contributed by atoms with Gasteiger partial charge in [-0.25, -0.2) is 8.42 Å². The van der Waals surface area contributed by atoms with Crippen LogP contribution in [0.1, 0.15) is 16.1 Å². The van der Waals surface area contributed by atoms with E-state index in [1.165, 1.54) is 16.7 Å². The first-order chi connectivity index (χ1) is 10.4. The lowest BCUT2D eigenvalue weighted by Crippen LogP contribution is -2.29. The summed E-state index contributed by atoms with van der Waals surface area (Å²) >= 11 is 0. The average Bonchev–Trinajstić information content (AvgIpc) is 2.52. The summed E-state index contributed by atoms with van der Waals surface area (Å²) in [7, 11) is -3.48. The Morgan fingerprint density at radius 1 is 1.27 bits per heavy atom. The molecule has 2 aromatic rings. The van der Waals surface area contributed by atoms with Gasteiger partial charge >= 0.3 is 0 Å². The number of anilines is 1. The molecule has 22 heavy (non-hydrogen) atoms. The van der Waals surface area contributed by atoms with E-state index in [1.54, 1.807) is 30.5 Å². The van der Waals surface area contributed by atoms with Crippen LogP contribution in [0.3, 0.4) is 0 Å². The van der Waals surface area contributed by atoms with E-state index in [2.05, 4.69) is 9.97 Å². The third-order valence-electron chi connectivity index (χ3n) is 2.97. The lowest BCUT2D eigenvalue weighted by atomic mass is 10.2. The first kappa shape index (κ1) is 16.1. The standard InChI is InChI=1S/C14H16N4O3S/c1-22(20,21)18(13-3-2-6-16-9-13)10-12-5-4-11(8-17-12)14(19)7-15/h2-6,8-9H,7,10,15H2,1H3. The Hall–Kier alpha value is -2.32. The van der Waals surface area contributed by atoms with Crippen LogP contribution in [-0.4, -0.2) is 37.0 Å². The molecular weight excluding hydrogens is 304 g/mol. The molecule has 0 unspecified atom stereocenters. The van der Waals surface area contributed by atoms with Gasteiger partial charge in [0.05, 0.1) is 36.9 Å². The van der Waals surface area contributed by atoms with Gasteiger partial charge in [-0.3, -0.25) is 19.1 Å². The Bertz CT molecular complexity index is 745. The Kier molecular flexibility index (Phi) is 4.84. The number of nitrogens with zero attached hydrogens (tertiary/aromatic N) is 3. The van der Waals surface area contributed by atoms with Gasteiger partial charge in [-0.1, -0.05) is 0 Å². The van der Waals surface area contributed by atoms with Crippen LogP contribution in [0, 0.1) is 0 Å². The van der Waals surface area contributed by atoms with Gasteiger partial charge in [-0.2, -0.15) is 0 Å². The summed E-state index contributed by atoms with van der Waals surface area (Å²) in [5.41, 5.74) is 6.65. The van der Waals surface area contributed by atoms with E-state index in [0.717, 1.165) is 6.26 Å². The van der Waals surface area contributed by atoms with E-state index in [9.17, 15) is 13.2 Å². The number of Topliss-reactive ketones (excluding diaryl/α,β-unsaturated/α-hetero) is 1. The van der Waals surface area contributed by atoms with Crippen LogP contribution in [-0.2, 0) is 16.6 Å². The molecule has 0 aliphatic rings. The SMILES string of the molecule is CS(=O)(=O)N(Cc1ccc(C(=O)CN)cn1)c1cccnc1. The Balaban J connectivity index is 2.27. The summed E-state index contributed by atoms with van der Waals surface area (Å²) in [6.07, 6.45) is 5.54. The molecule has 116 valence electrons. The number of carbonyl (C=O) groups is 1. The molecule has 2 rings (SSSR count). The number of rotatable bonds is 6. The predicted molar refractivity (Wildman–Crippen MR) is 82.9 cm³/mol. The highest BCUT2D eigenvalue weighted by molar-refractivity contribution is 7.92. The minimum absolute atomic E-state index is 0.0572. The van der Waals surface area contributed by atoms with Gasteiger partial charge < -0.3 is 5.73 Å². The Morgan fingerprint density at radius 2 is 2.05 bits per heavy atom. The summed E-state index contributed by atoms with van der Waals surface area (Å²) in [5, 5.41) is 0. The second-order valence-electron chi connectivity index (χ2n) is 4.65. The minimum atomic E-state index is -3.48. The van der Waals surface area contributed by atoms with E-state index in [1.807, 2.05) is 0 Å². The molecule has 0 amide bonds. The molecule has 0 saturated carbocycles. The number of hydrogen-bond donors (Lipinski definition) is 1. The predicted octanol–water partition coefficient (Wildman–Crippen LogP) is 0.584. The maximum absolute atomic E-state index is 12.0. The minimum Gasteiger partial charge on any atom is -0.324 e. The number of nitrogens with two attached hydrogens (primary N) is 1. The van der Waals surface area contributed by atoms with E-state index in [4.69, 9.17) is 5.73 Å². The maximum atomic E-state index is 12.0. The van der Waals surface area contributed by atoms with Crippen LogP contribution in [0.2, 0.25) is 0 Å². The van der Waals surface area contributed by atoms with Gasteiger partial charge in [0.25, 0.3) is 0 Å². The molecule has 0 aromatic carbocycles. The summed E-state index contributed by atoms with van der Waals surface area (Å²) < 4.78 is 25.1. The van der Waals surface area contributed by atoms with Crippen molar-refractivity contribution in [2.45, 2.75) is 6.54 Å². The summed E-state index contributed by atoms with van der Waals surface area (Å²) in [4.78, 5) is 19.5. The first-order valence-corrected chi connectivity index (χ1v) is 8.32. The maximum Gasteiger partial charge on any atom is 0.232 e. The normalized spacial score (nSPS) is 11.2. The van der Waals surface area contributed by atoms with E-state index < -0.39 is 10.0 Å². The van der Waals surface area contributed by atoms with Crippen LogP contribution in [0.15, 0.2) is 42.9 Å². The van der Waals surface area contributed by atoms with Gasteiger partial charge in [-0.15, -0.1) is 0 Å². The van der Waals surface area contributed by atoms with Crippen LogP contribution in [0.5, 0.6) is 0 Å². The average molecular weight is 320 g/mol. The van der Waals surface area contributed by atoms with Crippen molar-refractivity contribution in [3.05, 3.63) is 54.1 Å². The first-order valence-electron chi connectivity index (χ1n) is 6.48. The third-order valence-corrected chi connectivity index (χ3v) is 4.11. The Morgan fingerprint density at radius 3 is 2.55 bits per heavy atom. The molecule has 0 spiro atoms. The van der Waals surface area contributed by atoms with E-state index in [-0.39, 0.29) is 18.9 Å². The number of carbonyl (C=O) groups excluding carboxylic acids is 1. The Labute approximate surface area is 128 Å². The largest absolute Gasteiger partial charge is 0.324 e. The molecule has 7 nitrogen and oxygen atoms in total. The van der Waals surface area contributed by atoms with Crippen molar-refractivity contribution in [3.63, 3.8) is 0 Å². The fraction of sp³-hybridized carbons (Fsp3) is 0.214. The van der Waals surface area contributed by atoms with Crippen molar-refractivity contribution in [1.82, 2.24) is 9.97 Å². The number of hydrogen-bond acceptors (Lipinski definition) is 6. The lowest BCUT2D eigenvalue weighted by molar-refractivity contribution is 0.100. The summed E-state index contributed by atoms with van der Waals surface area (Å²) in [5.74, 6) is -0.216. The lowest BCUT2D eigenvalue weighted by Gasteiger charge is -2.21. The molecule has 2 heterocycles. The van der Waals surface area contributed by atoms with Crippen LogP contribution in [0.25, 0.3) is 0 Å². The quantitative estimate of drug-likeness (QED) is 0.781. The molecule has 2 aromatic heterocycles. The number of aromatic nitrogens is 2. The second kappa shape index (κ2) is 6.63. The van der Waals surface area contributed by atoms with Crippen molar-refractivity contribution in [2.75, 3.05) is 17.1 Å². The van der Waals surface area contributed by atoms with E-state index >= 15 is 0 Å². The molecule has 0 atom stereocenters. The van der Waals surface area contributed by atoms with Gasteiger partial charge in [-0.05, 0) is 24.3 Å². The van der Waals surface area contributed by atoms with Gasteiger partial charge in [0, 0.05) is 18.0 Å². The zero-order chi connectivity index (χ0) is 16.2. The number of pyridine rings is 2. The fourth-order valence-corrected chi connectivity index (χ4v) is 2.71. The molecule has 0 bridgehead atoms. The topological polar surface area (TPSA) is 106 Å². The molecule has 0 aliphatic heterocycles. The van der Waals surface area contributed by atoms with E-state index in [0.29, 0.717) is 16.9 Å². The molecule has 8 heteroatoms. The third kappa shape index (κ3) is 3.86. The zero-order valence-corrected chi connectivity index (χ0v) is 12.8. The van der Waals surface area contributed by atoms with Gasteiger partial charge in [0.15, 0.2) is 5.78 Å². The number of sulfonamides is 1. The molecule has 0 fully saturated rings. The zero-order valence-electron chi connectivity index (χ0n) is 12.0. The highest BCUT2D eigenvalue weighted by Gasteiger charge is 2.18. The monoisotopic (exact) mass is 320 g/mol. The number of ketones is 1. The molecule has 2 N–H and O–H groups in total. The summed E-state index contributed by atoms with van der Waals surface area (Å²) in [6, 6.07) is 6.50. The fourth-order valence-electron chi connectivity index (χ4n) is 1.85. The van der Waals surface area contributed by atoms with Gasteiger partial charge in [0.2, 0.25) is 10.0 Å². The van der Waals surface area contributed by atoms with Crippen molar-refractivity contribution < 1.29 is 13.2 Å². The van der Waals surface area contributed by atoms with Crippen LogP contribution in [0.4, 0.5) is 5.69 Å². The van der Waals surface area contributed by atoms with Crippen molar-refractivity contribution in [1.29, 1.82) is 0 Å². The highest BCUT2D eigenvalue weighted by Crippen LogP contribution is 2.18. The molecule has 0 aliphatic carbocycles.